The minimum Gasteiger partial charge on any atom is -0.348 e. The third kappa shape index (κ3) is 3.12. The van der Waals surface area contributed by atoms with Gasteiger partial charge in [-0.2, -0.15) is 0 Å². The van der Waals surface area contributed by atoms with Crippen molar-refractivity contribution in [3.63, 3.8) is 0 Å². The van der Waals surface area contributed by atoms with Gasteiger partial charge in [-0.3, -0.25) is 4.99 Å². The van der Waals surface area contributed by atoms with Crippen LogP contribution < -0.4 is 5.32 Å². The Morgan fingerprint density at radius 3 is 2.82 bits per heavy atom. The van der Waals surface area contributed by atoms with E-state index in [1.807, 2.05) is 30.0 Å². The highest BCUT2D eigenvalue weighted by molar-refractivity contribution is 9.10. The third-order valence-corrected chi connectivity index (χ3v) is 5.21. The molecule has 0 amide bonds. The molecule has 2 nitrogen and oxygen atoms in total. The van der Waals surface area contributed by atoms with Gasteiger partial charge in [0.15, 0.2) is 0 Å². The number of halogens is 1. The Bertz CT molecular complexity index is 756. The molecule has 112 valence electrons. The average molecular weight is 391 g/mol. The summed E-state index contributed by atoms with van der Waals surface area (Å²) in [5, 5.41) is 3.33. The SMILES string of the molecule is CCSc1cccc2c1C(c1ccccc1Br)=NCC(=S)N2. The first kappa shape index (κ1) is 15.7. The highest BCUT2D eigenvalue weighted by Crippen LogP contribution is 2.34. The lowest BCUT2D eigenvalue weighted by Gasteiger charge is -2.15. The Balaban J connectivity index is 2.24. The number of nitrogens with zero attached hydrogens (tertiary/aromatic N) is 1. The predicted octanol–water partition coefficient (Wildman–Crippen LogP) is 5.15. The quantitative estimate of drug-likeness (QED) is 0.578. The number of aliphatic imine (C=N–C) groups is 1. The first-order valence-electron chi connectivity index (χ1n) is 7.06. The van der Waals surface area contributed by atoms with Crippen LogP contribution in [0.25, 0.3) is 0 Å². The molecule has 0 aromatic heterocycles. The molecule has 2 aromatic rings. The molecule has 1 aliphatic rings. The maximum absolute atomic E-state index is 5.38. The second-order valence-corrected chi connectivity index (χ2v) is 7.46. The van der Waals surface area contributed by atoms with Crippen molar-refractivity contribution in [2.75, 3.05) is 17.6 Å². The molecule has 0 bridgehead atoms. The van der Waals surface area contributed by atoms with E-state index in [-0.39, 0.29) is 0 Å². The molecule has 3 rings (SSSR count). The largest absolute Gasteiger partial charge is 0.348 e. The highest BCUT2D eigenvalue weighted by Gasteiger charge is 2.21. The van der Waals surface area contributed by atoms with E-state index in [9.17, 15) is 0 Å². The van der Waals surface area contributed by atoms with Crippen LogP contribution in [0.3, 0.4) is 0 Å². The molecule has 1 aliphatic heterocycles. The smallest absolute Gasteiger partial charge is 0.102 e. The van der Waals surface area contributed by atoms with Crippen molar-refractivity contribution in [2.45, 2.75) is 11.8 Å². The van der Waals surface area contributed by atoms with Crippen LogP contribution in [-0.2, 0) is 0 Å². The molecule has 0 atom stereocenters. The fraction of sp³-hybridized carbons (Fsp3) is 0.176. The van der Waals surface area contributed by atoms with Crippen LogP contribution in [-0.4, -0.2) is 23.0 Å². The van der Waals surface area contributed by atoms with Crippen LogP contribution in [0.5, 0.6) is 0 Å². The van der Waals surface area contributed by atoms with Gasteiger partial charge in [-0.05, 0) is 24.0 Å². The summed E-state index contributed by atoms with van der Waals surface area (Å²) in [4.78, 5) is 6.77. The fourth-order valence-corrected chi connectivity index (χ4v) is 3.93. The van der Waals surface area contributed by atoms with Crippen molar-refractivity contribution in [3.8, 4) is 0 Å². The number of thiocarbonyl (C=S) groups is 1. The molecule has 0 saturated carbocycles. The molecular formula is C17H15BrN2S2. The molecule has 0 unspecified atom stereocenters. The van der Waals surface area contributed by atoms with Crippen molar-refractivity contribution in [1.82, 2.24) is 0 Å². The summed E-state index contributed by atoms with van der Waals surface area (Å²) < 4.78 is 1.05. The number of thioether (sulfide) groups is 1. The van der Waals surface area contributed by atoms with Crippen LogP contribution in [0.2, 0.25) is 0 Å². The van der Waals surface area contributed by atoms with E-state index in [4.69, 9.17) is 17.2 Å². The Labute approximate surface area is 148 Å². The second-order valence-electron chi connectivity index (χ2n) is 4.80. The number of anilines is 1. The molecular weight excluding hydrogens is 376 g/mol. The molecule has 0 aliphatic carbocycles. The Hall–Kier alpha value is -1.17. The van der Waals surface area contributed by atoms with Gasteiger partial charge in [-0.15, -0.1) is 11.8 Å². The number of fused-ring (bicyclic) bond motifs is 1. The molecule has 1 heterocycles. The van der Waals surface area contributed by atoms with Crippen LogP contribution >= 0.6 is 39.9 Å². The van der Waals surface area contributed by atoms with Crippen molar-refractivity contribution in [3.05, 3.63) is 58.1 Å². The first-order chi connectivity index (χ1) is 10.7. The number of rotatable bonds is 3. The van der Waals surface area contributed by atoms with Gasteiger partial charge in [0.05, 0.1) is 12.3 Å². The topological polar surface area (TPSA) is 24.4 Å². The number of hydrogen-bond donors (Lipinski definition) is 1. The zero-order valence-corrected chi connectivity index (χ0v) is 15.3. The third-order valence-electron chi connectivity index (χ3n) is 3.35. The van der Waals surface area contributed by atoms with Gasteiger partial charge >= 0.3 is 0 Å². The van der Waals surface area contributed by atoms with Crippen molar-refractivity contribution >= 4 is 56.3 Å². The average Bonchev–Trinajstić information content (AvgIpc) is 2.67. The molecule has 22 heavy (non-hydrogen) atoms. The normalized spacial score (nSPS) is 13.9. The first-order valence-corrected chi connectivity index (χ1v) is 9.24. The van der Waals surface area contributed by atoms with Gasteiger partial charge in [0.2, 0.25) is 0 Å². The molecule has 0 radical (unpaired) electrons. The summed E-state index contributed by atoms with van der Waals surface area (Å²) in [6, 6.07) is 14.5. The molecule has 0 spiro atoms. The monoisotopic (exact) mass is 390 g/mol. The number of benzene rings is 2. The predicted molar refractivity (Wildman–Crippen MR) is 104 cm³/mol. The van der Waals surface area contributed by atoms with E-state index in [2.05, 4.69) is 52.4 Å². The Morgan fingerprint density at radius 2 is 2.05 bits per heavy atom. The molecule has 2 aromatic carbocycles. The molecule has 0 saturated heterocycles. The maximum atomic E-state index is 5.38. The van der Waals surface area contributed by atoms with Crippen LogP contribution in [0.4, 0.5) is 5.69 Å². The zero-order chi connectivity index (χ0) is 15.5. The standard InChI is InChI=1S/C17H15BrN2S2/c1-2-22-14-9-5-8-13-16(14)17(19-10-15(21)20-13)11-6-3-4-7-12(11)18/h3-9H,2,10H2,1H3,(H,20,21). The van der Waals surface area contributed by atoms with E-state index in [0.29, 0.717) is 6.54 Å². The molecule has 5 heteroatoms. The minimum absolute atomic E-state index is 0.511. The lowest BCUT2D eigenvalue weighted by molar-refractivity contribution is 1.30. The molecule has 0 fully saturated rings. The van der Waals surface area contributed by atoms with E-state index >= 15 is 0 Å². The highest BCUT2D eigenvalue weighted by atomic mass is 79.9. The second kappa shape index (κ2) is 6.94. The zero-order valence-electron chi connectivity index (χ0n) is 12.1. The van der Waals surface area contributed by atoms with E-state index < -0.39 is 0 Å². The summed E-state index contributed by atoms with van der Waals surface area (Å²) in [5.41, 5.74) is 4.27. The van der Waals surface area contributed by atoms with Gasteiger partial charge in [-0.25, -0.2) is 0 Å². The van der Waals surface area contributed by atoms with Crippen molar-refractivity contribution in [1.29, 1.82) is 0 Å². The summed E-state index contributed by atoms with van der Waals surface area (Å²) in [7, 11) is 0. The number of hydrogen-bond acceptors (Lipinski definition) is 3. The van der Waals surface area contributed by atoms with Crippen LogP contribution in [0, 0.1) is 0 Å². The Morgan fingerprint density at radius 1 is 1.23 bits per heavy atom. The van der Waals surface area contributed by atoms with E-state index in [0.717, 1.165) is 37.7 Å². The van der Waals surface area contributed by atoms with Gasteiger partial charge in [0.1, 0.15) is 4.99 Å². The lowest BCUT2D eigenvalue weighted by Crippen LogP contribution is -2.11. The fourth-order valence-electron chi connectivity index (χ4n) is 2.45. The minimum atomic E-state index is 0.511. The number of benzodiazepines with no additional fused rings is 1. The summed E-state index contributed by atoms with van der Waals surface area (Å²) >= 11 is 10.8. The number of nitrogens with one attached hydrogen (secondary N) is 1. The van der Waals surface area contributed by atoms with Gasteiger partial charge in [-0.1, -0.05) is 59.3 Å². The van der Waals surface area contributed by atoms with Gasteiger partial charge < -0.3 is 5.32 Å². The summed E-state index contributed by atoms with van der Waals surface area (Å²) in [6.45, 7) is 2.67. The Kier molecular flexibility index (Phi) is 4.96. The lowest BCUT2D eigenvalue weighted by atomic mass is 10.0. The van der Waals surface area contributed by atoms with E-state index in [1.165, 1.54) is 4.90 Å². The van der Waals surface area contributed by atoms with Gasteiger partial charge in [0, 0.05) is 26.2 Å². The van der Waals surface area contributed by atoms with E-state index in [1.54, 1.807) is 0 Å². The molecule has 1 N–H and O–H groups in total. The van der Waals surface area contributed by atoms with Gasteiger partial charge in [0.25, 0.3) is 0 Å². The van der Waals surface area contributed by atoms with Crippen molar-refractivity contribution < 1.29 is 0 Å². The summed E-state index contributed by atoms with van der Waals surface area (Å²) in [5.74, 6) is 1.02. The maximum Gasteiger partial charge on any atom is 0.102 e. The summed E-state index contributed by atoms with van der Waals surface area (Å²) in [6.07, 6.45) is 0. The van der Waals surface area contributed by atoms with Crippen LogP contribution in [0.15, 0.2) is 56.8 Å². The van der Waals surface area contributed by atoms with Crippen molar-refractivity contribution in [2.24, 2.45) is 4.99 Å². The van der Waals surface area contributed by atoms with Crippen LogP contribution in [0.1, 0.15) is 18.1 Å².